The van der Waals surface area contributed by atoms with E-state index in [2.05, 4.69) is 0 Å². The van der Waals surface area contributed by atoms with Crippen LogP contribution >= 0.6 is 0 Å². The fourth-order valence-corrected chi connectivity index (χ4v) is 2.86. The van der Waals surface area contributed by atoms with Crippen LogP contribution in [0.4, 0.5) is 9.59 Å². The fourth-order valence-electron chi connectivity index (χ4n) is 2.86. The number of carboxylic acid groups (broad SMARTS) is 1. The van der Waals surface area contributed by atoms with Crippen LogP contribution in [0.3, 0.4) is 0 Å². The first-order valence-corrected chi connectivity index (χ1v) is 6.72. The lowest BCUT2D eigenvalue weighted by atomic mass is 9.78. The third-order valence-corrected chi connectivity index (χ3v) is 3.81. The highest BCUT2D eigenvalue weighted by Crippen LogP contribution is 2.38. The number of ether oxygens (including phenoxy) is 1. The molecule has 2 amide bonds. The summed E-state index contributed by atoms with van der Waals surface area (Å²) in [7, 11) is 0. The number of piperidine rings is 1. The maximum Gasteiger partial charge on any atom is 0.410 e. The second-order valence-electron chi connectivity index (χ2n) is 6.41. The number of likely N-dealkylation sites (tertiary alicyclic amines) is 2. The molecule has 0 bridgehead atoms. The number of hydrogen-bond donors (Lipinski definition) is 1. The molecule has 1 unspecified atom stereocenters. The Hall–Kier alpha value is -1.46. The molecular weight excluding hydrogens is 248 g/mol. The number of carbonyl (C=O) groups is 2. The standard InChI is InChI=1S/C13H22N2O4/c1-12(2,3)19-11(18)14-7-4-5-13(9-14)6-8-15(13)10(16)17/h4-9H2,1-3H3,(H,16,17). The lowest BCUT2D eigenvalue weighted by Gasteiger charge is -2.55. The van der Waals surface area contributed by atoms with E-state index in [0.29, 0.717) is 19.6 Å². The van der Waals surface area contributed by atoms with Gasteiger partial charge in [0.1, 0.15) is 5.60 Å². The molecule has 6 heteroatoms. The minimum Gasteiger partial charge on any atom is -0.465 e. The van der Waals surface area contributed by atoms with E-state index < -0.39 is 11.7 Å². The zero-order valence-corrected chi connectivity index (χ0v) is 11.8. The van der Waals surface area contributed by atoms with Gasteiger partial charge in [-0.05, 0) is 40.0 Å². The van der Waals surface area contributed by atoms with E-state index in [9.17, 15) is 9.59 Å². The molecule has 6 nitrogen and oxygen atoms in total. The Morgan fingerprint density at radius 1 is 1.21 bits per heavy atom. The average molecular weight is 270 g/mol. The molecule has 2 fully saturated rings. The normalized spacial score (nSPS) is 27.1. The molecule has 0 aromatic heterocycles. The predicted molar refractivity (Wildman–Crippen MR) is 69.1 cm³/mol. The predicted octanol–water partition coefficient (Wildman–Crippen LogP) is 2.14. The number of amides is 2. The average Bonchev–Trinajstić information content (AvgIpc) is 2.24. The molecule has 0 aliphatic carbocycles. The van der Waals surface area contributed by atoms with Gasteiger partial charge in [0.25, 0.3) is 0 Å². The molecule has 0 radical (unpaired) electrons. The first kappa shape index (κ1) is 14.0. The van der Waals surface area contributed by atoms with Crippen LogP contribution in [0.1, 0.15) is 40.0 Å². The zero-order valence-electron chi connectivity index (χ0n) is 11.8. The Bertz CT molecular complexity index is 391. The molecule has 0 aromatic carbocycles. The molecule has 2 rings (SSSR count). The number of hydrogen-bond acceptors (Lipinski definition) is 3. The summed E-state index contributed by atoms with van der Waals surface area (Å²) in [5.41, 5.74) is -0.894. The van der Waals surface area contributed by atoms with Gasteiger partial charge in [-0.3, -0.25) is 0 Å². The molecule has 2 heterocycles. The van der Waals surface area contributed by atoms with Crippen LogP contribution in [0, 0.1) is 0 Å². The van der Waals surface area contributed by atoms with Crippen molar-refractivity contribution < 1.29 is 19.4 Å². The second kappa shape index (κ2) is 4.58. The molecule has 0 saturated carbocycles. The third-order valence-electron chi connectivity index (χ3n) is 3.81. The van der Waals surface area contributed by atoms with Crippen molar-refractivity contribution in [1.82, 2.24) is 9.80 Å². The monoisotopic (exact) mass is 270 g/mol. The van der Waals surface area contributed by atoms with Gasteiger partial charge in [-0.1, -0.05) is 0 Å². The summed E-state index contributed by atoms with van der Waals surface area (Å²) in [4.78, 5) is 26.3. The maximum atomic E-state index is 12.1. The molecule has 2 saturated heterocycles. The zero-order chi connectivity index (χ0) is 14.3. The minimum absolute atomic E-state index is 0.344. The van der Waals surface area contributed by atoms with Crippen LogP contribution in [0.15, 0.2) is 0 Å². The summed E-state index contributed by atoms with van der Waals surface area (Å²) in [5, 5.41) is 9.15. The van der Waals surface area contributed by atoms with Gasteiger partial charge in [0.15, 0.2) is 0 Å². The van der Waals surface area contributed by atoms with Gasteiger partial charge in [0, 0.05) is 19.6 Å². The maximum absolute atomic E-state index is 12.1. The highest BCUT2D eigenvalue weighted by Gasteiger charge is 2.50. The first-order chi connectivity index (χ1) is 8.73. The third kappa shape index (κ3) is 2.77. The topological polar surface area (TPSA) is 70.1 Å². The summed E-state index contributed by atoms with van der Waals surface area (Å²) in [6.07, 6.45) is 1.25. The van der Waals surface area contributed by atoms with E-state index in [1.807, 2.05) is 20.8 Å². The van der Waals surface area contributed by atoms with Gasteiger partial charge in [-0.2, -0.15) is 0 Å². The van der Waals surface area contributed by atoms with Crippen LogP contribution in [-0.4, -0.2) is 57.9 Å². The van der Waals surface area contributed by atoms with Crippen LogP contribution in [-0.2, 0) is 4.74 Å². The second-order valence-corrected chi connectivity index (χ2v) is 6.41. The van der Waals surface area contributed by atoms with E-state index in [0.717, 1.165) is 19.3 Å². The smallest absolute Gasteiger partial charge is 0.410 e. The Morgan fingerprint density at radius 3 is 2.37 bits per heavy atom. The molecule has 1 atom stereocenters. The van der Waals surface area contributed by atoms with E-state index in [1.165, 1.54) is 4.90 Å². The van der Waals surface area contributed by atoms with Gasteiger partial charge in [-0.15, -0.1) is 0 Å². The number of nitrogens with zero attached hydrogens (tertiary/aromatic N) is 2. The van der Waals surface area contributed by atoms with E-state index in [-0.39, 0.29) is 11.6 Å². The van der Waals surface area contributed by atoms with Gasteiger partial charge in [-0.25, -0.2) is 9.59 Å². The lowest BCUT2D eigenvalue weighted by Crippen LogP contribution is -2.68. The highest BCUT2D eigenvalue weighted by atomic mass is 16.6. The molecule has 1 spiro atoms. The van der Waals surface area contributed by atoms with Crippen molar-refractivity contribution in [3.05, 3.63) is 0 Å². The van der Waals surface area contributed by atoms with Gasteiger partial charge < -0.3 is 19.6 Å². The summed E-state index contributed by atoms with van der Waals surface area (Å²) >= 11 is 0. The summed E-state index contributed by atoms with van der Waals surface area (Å²) < 4.78 is 5.36. The van der Waals surface area contributed by atoms with E-state index in [4.69, 9.17) is 9.84 Å². The SMILES string of the molecule is CC(C)(C)OC(=O)N1CCCC2(CCN2C(=O)O)C1. The number of carbonyl (C=O) groups excluding carboxylic acids is 1. The quantitative estimate of drug-likeness (QED) is 0.732. The van der Waals surface area contributed by atoms with Crippen molar-refractivity contribution in [3.63, 3.8) is 0 Å². The fraction of sp³-hybridized carbons (Fsp3) is 0.846. The molecular formula is C13H22N2O4. The van der Waals surface area contributed by atoms with E-state index in [1.54, 1.807) is 4.90 Å². The summed E-state index contributed by atoms with van der Waals surface area (Å²) in [5.74, 6) is 0. The largest absolute Gasteiger partial charge is 0.465 e. The minimum atomic E-state index is -0.891. The summed E-state index contributed by atoms with van der Waals surface area (Å²) in [6.45, 7) is 7.16. The number of rotatable bonds is 0. The van der Waals surface area contributed by atoms with Crippen LogP contribution in [0.25, 0.3) is 0 Å². The molecule has 2 aliphatic heterocycles. The molecule has 2 aliphatic rings. The van der Waals surface area contributed by atoms with Crippen molar-refractivity contribution >= 4 is 12.2 Å². The van der Waals surface area contributed by atoms with Crippen molar-refractivity contribution in [1.29, 1.82) is 0 Å². The Kier molecular flexibility index (Phi) is 3.36. The Labute approximate surface area is 113 Å². The van der Waals surface area contributed by atoms with Crippen molar-refractivity contribution in [3.8, 4) is 0 Å². The lowest BCUT2D eigenvalue weighted by molar-refractivity contribution is -0.0548. The van der Waals surface area contributed by atoms with Crippen LogP contribution in [0.5, 0.6) is 0 Å². The highest BCUT2D eigenvalue weighted by molar-refractivity contribution is 5.70. The van der Waals surface area contributed by atoms with Crippen LogP contribution in [0.2, 0.25) is 0 Å². The van der Waals surface area contributed by atoms with Gasteiger partial charge in [0.2, 0.25) is 0 Å². The van der Waals surface area contributed by atoms with E-state index >= 15 is 0 Å². The molecule has 0 aromatic rings. The Balaban J connectivity index is 2.02. The van der Waals surface area contributed by atoms with Gasteiger partial charge in [0.05, 0.1) is 5.54 Å². The molecule has 108 valence electrons. The van der Waals surface area contributed by atoms with Crippen molar-refractivity contribution in [2.24, 2.45) is 0 Å². The summed E-state index contributed by atoms with van der Waals surface area (Å²) in [6, 6.07) is 0. The molecule has 1 N–H and O–H groups in total. The van der Waals surface area contributed by atoms with Gasteiger partial charge >= 0.3 is 12.2 Å². The van der Waals surface area contributed by atoms with Crippen molar-refractivity contribution in [2.75, 3.05) is 19.6 Å². The Morgan fingerprint density at radius 2 is 1.89 bits per heavy atom. The first-order valence-electron chi connectivity index (χ1n) is 6.72. The van der Waals surface area contributed by atoms with Crippen molar-refractivity contribution in [2.45, 2.75) is 51.2 Å². The molecule has 19 heavy (non-hydrogen) atoms. The van der Waals surface area contributed by atoms with Crippen LogP contribution < -0.4 is 0 Å².